The van der Waals surface area contributed by atoms with E-state index in [-0.39, 0.29) is 0 Å². The zero-order valence-electron chi connectivity index (χ0n) is 6.43. The lowest BCUT2D eigenvalue weighted by Gasteiger charge is -2.12. The van der Waals surface area contributed by atoms with Crippen molar-refractivity contribution in [2.24, 2.45) is 0 Å². The highest BCUT2D eigenvalue weighted by molar-refractivity contribution is 5.27. The summed E-state index contributed by atoms with van der Waals surface area (Å²) in [6.45, 7) is 2.72. The molecule has 6 heteroatoms. The van der Waals surface area contributed by atoms with Crippen LogP contribution in [0.4, 0.5) is 0 Å². The molecule has 0 bridgehead atoms. The van der Waals surface area contributed by atoms with Crippen LogP contribution < -0.4 is 5.32 Å². The van der Waals surface area contributed by atoms with Crippen LogP contribution in [0.5, 0.6) is 0 Å². The maximum atomic E-state index is 4.26. The van der Waals surface area contributed by atoms with Gasteiger partial charge in [0.15, 0.2) is 0 Å². The van der Waals surface area contributed by atoms with E-state index < -0.39 is 0 Å². The molecule has 0 unspecified atom stereocenters. The zero-order chi connectivity index (χ0) is 7.97. The molecule has 0 amide bonds. The molecule has 3 rings (SSSR count). The molecule has 0 radical (unpaired) electrons. The summed E-state index contributed by atoms with van der Waals surface area (Å²) in [5.74, 6) is 1.85. The molecule has 0 aromatic carbocycles. The molecule has 62 valence electrons. The summed E-state index contributed by atoms with van der Waals surface area (Å²) in [6, 6.07) is 0. The Morgan fingerprint density at radius 3 is 3.50 bits per heavy atom. The van der Waals surface area contributed by atoms with Gasteiger partial charge in [0.1, 0.15) is 12.2 Å². The van der Waals surface area contributed by atoms with E-state index in [2.05, 4.69) is 25.1 Å². The molecule has 12 heavy (non-hydrogen) atoms. The van der Waals surface area contributed by atoms with Crippen molar-refractivity contribution in [3.8, 4) is 0 Å². The maximum Gasteiger partial charge on any atom is 0.252 e. The van der Waals surface area contributed by atoms with Crippen molar-refractivity contribution in [2.45, 2.75) is 13.1 Å². The summed E-state index contributed by atoms with van der Waals surface area (Å²) < 4.78 is 3.66. The average molecular weight is 164 g/mol. The van der Waals surface area contributed by atoms with E-state index in [0.717, 1.165) is 31.2 Å². The van der Waals surface area contributed by atoms with Crippen LogP contribution in [0.3, 0.4) is 0 Å². The molecule has 0 atom stereocenters. The number of nitrogens with one attached hydrogen (secondary N) is 1. The van der Waals surface area contributed by atoms with E-state index in [4.69, 9.17) is 0 Å². The van der Waals surface area contributed by atoms with Crippen molar-refractivity contribution in [3.05, 3.63) is 12.2 Å². The third-order valence-electron chi connectivity index (χ3n) is 2.07. The van der Waals surface area contributed by atoms with Gasteiger partial charge >= 0.3 is 0 Å². The molecule has 0 aliphatic carbocycles. The molecule has 0 saturated carbocycles. The molecular weight excluding hydrogens is 156 g/mol. The van der Waals surface area contributed by atoms with Gasteiger partial charge in [-0.3, -0.25) is 4.57 Å². The van der Waals surface area contributed by atoms with E-state index >= 15 is 0 Å². The Kier molecular flexibility index (Phi) is 1.04. The molecule has 6 nitrogen and oxygen atoms in total. The molecule has 1 aliphatic rings. The van der Waals surface area contributed by atoms with Gasteiger partial charge in [-0.15, -0.1) is 14.8 Å². The topological polar surface area (TPSA) is 60.0 Å². The van der Waals surface area contributed by atoms with Crippen LogP contribution in [-0.4, -0.2) is 30.9 Å². The van der Waals surface area contributed by atoms with Crippen LogP contribution in [0, 0.1) is 0 Å². The maximum absolute atomic E-state index is 4.26. The molecule has 1 aliphatic heterocycles. The predicted octanol–water partition coefficient (Wildman–Crippen LogP) is -0.971. The highest BCUT2D eigenvalue weighted by Crippen LogP contribution is 2.06. The van der Waals surface area contributed by atoms with Crippen molar-refractivity contribution in [2.75, 3.05) is 6.54 Å². The van der Waals surface area contributed by atoms with Crippen molar-refractivity contribution in [3.63, 3.8) is 0 Å². The summed E-state index contributed by atoms with van der Waals surface area (Å²) in [7, 11) is 0. The number of hydrogen-bond donors (Lipinski definition) is 1. The Morgan fingerprint density at radius 2 is 2.50 bits per heavy atom. The Morgan fingerprint density at radius 1 is 1.50 bits per heavy atom. The molecule has 2 aromatic rings. The van der Waals surface area contributed by atoms with Crippen molar-refractivity contribution in [1.29, 1.82) is 0 Å². The van der Waals surface area contributed by atoms with Gasteiger partial charge in [-0.25, -0.2) is 0 Å². The summed E-state index contributed by atoms with van der Waals surface area (Å²) >= 11 is 0. The van der Waals surface area contributed by atoms with Gasteiger partial charge in [0.25, 0.3) is 5.78 Å². The Bertz CT molecular complexity index is 413. The molecule has 0 fully saturated rings. The van der Waals surface area contributed by atoms with Crippen molar-refractivity contribution >= 4 is 5.78 Å². The van der Waals surface area contributed by atoms with Gasteiger partial charge in [-0.2, -0.15) is 4.98 Å². The first-order valence-corrected chi connectivity index (χ1v) is 3.91. The minimum absolute atomic E-state index is 0.811. The predicted molar refractivity (Wildman–Crippen MR) is 40.5 cm³/mol. The molecule has 1 N–H and O–H groups in total. The summed E-state index contributed by atoms with van der Waals surface area (Å²) in [5.41, 5.74) is 0. The van der Waals surface area contributed by atoms with Crippen LogP contribution in [0.1, 0.15) is 5.82 Å². The van der Waals surface area contributed by atoms with E-state index in [1.54, 1.807) is 4.63 Å². The van der Waals surface area contributed by atoms with Crippen LogP contribution in [0.15, 0.2) is 6.33 Å². The first kappa shape index (κ1) is 6.13. The Labute approximate surface area is 68.2 Å². The molecule has 0 spiro atoms. The van der Waals surface area contributed by atoms with Crippen molar-refractivity contribution in [1.82, 2.24) is 29.7 Å². The SMILES string of the molecule is c1nc2n3c(nn2n1)CNCC3. The quantitative estimate of drug-likeness (QED) is 0.544. The van der Waals surface area contributed by atoms with E-state index in [1.165, 1.54) is 6.33 Å². The zero-order valence-corrected chi connectivity index (χ0v) is 6.43. The van der Waals surface area contributed by atoms with Gasteiger partial charge in [-0.05, 0) is 0 Å². The Balaban J connectivity index is 2.34. The van der Waals surface area contributed by atoms with Gasteiger partial charge in [0.05, 0.1) is 6.54 Å². The molecule has 0 saturated heterocycles. The van der Waals surface area contributed by atoms with Gasteiger partial charge in [-0.1, -0.05) is 0 Å². The van der Waals surface area contributed by atoms with Crippen LogP contribution in [0.2, 0.25) is 0 Å². The summed E-state index contributed by atoms with van der Waals surface area (Å²) in [6.07, 6.45) is 1.53. The lowest BCUT2D eigenvalue weighted by Crippen LogP contribution is -2.28. The van der Waals surface area contributed by atoms with E-state index in [1.807, 2.05) is 0 Å². The fourth-order valence-corrected chi connectivity index (χ4v) is 1.51. The van der Waals surface area contributed by atoms with E-state index in [0.29, 0.717) is 0 Å². The fraction of sp³-hybridized carbons (Fsp3) is 0.500. The monoisotopic (exact) mass is 164 g/mol. The lowest BCUT2D eigenvalue weighted by molar-refractivity contribution is 0.511. The molecule has 3 heterocycles. The third kappa shape index (κ3) is 0.646. The van der Waals surface area contributed by atoms with Crippen LogP contribution in [0.25, 0.3) is 5.78 Å². The van der Waals surface area contributed by atoms with E-state index in [9.17, 15) is 0 Å². The van der Waals surface area contributed by atoms with Crippen LogP contribution in [-0.2, 0) is 13.1 Å². The highest BCUT2D eigenvalue weighted by atomic mass is 15.5. The van der Waals surface area contributed by atoms with Crippen LogP contribution >= 0.6 is 0 Å². The standard InChI is InChI=1S/C6H8N6/c1-2-11-5(3-7-1)10-12-6(11)8-4-9-12/h4,7H,1-3H2. The van der Waals surface area contributed by atoms with Crippen molar-refractivity contribution < 1.29 is 0 Å². The van der Waals surface area contributed by atoms with Gasteiger partial charge < -0.3 is 5.32 Å². The average Bonchev–Trinajstić information content (AvgIpc) is 2.62. The van der Waals surface area contributed by atoms with Gasteiger partial charge in [0.2, 0.25) is 0 Å². The first-order chi connectivity index (χ1) is 5.95. The number of fused-ring (bicyclic) bond motifs is 3. The second kappa shape index (κ2) is 2.04. The lowest BCUT2D eigenvalue weighted by atomic mass is 10.4. The number of rotatable bonds is 0. The minimum atomic E-state index is 0.811. The fourth-order valence-electron chi connectivity index (χ4n) is 1.51. The molecule has 2 aromatic heterocycles. The highest BCUT2D eigenvalue weighted by Gasteiger charge is 2.14. The minimum Gasteiger partial charge on any atom is -0.308 e. The number of nitrogens with zero attached hydrogens (tertiary/aromatic N) is 5. The number of aromatic nitrogens is 5. The third-order valence-corrected chi connectivity index (χ3v) is 2.07. The Hall–Kier alpha value is -1.43. The summed E-state index contributed by atoms with van der Waals surface area (Å²) in [4.78, 5) is 4.12. The normalized spacial score (nSPS) is 16.7. The number of hydrogen-bond acceptors (Lipinski definition) is 4. The smallest absolute Gasteiger partial charge is 0.252 e. The first-order valence-electron chi connectivity index (χ1n) is 3.91. The second-order valence-corrected chi connectivity index (χ2v) is 2.79. The second-order valence-electron chi connectivity index (χ2n) is 2.79. The van der Waals surface area contributed by atoms with Gasteiger partial charge in [0, 0.05) is 13.1 Å². The summed E-state index contributed by atoms with van der Waals surface area (Å²) in [5, 5.41) is 11.5. The largest absolute Gasteiger partial charge is 0.308 e. The molecular formula is C6H8N6.